The Morgan fingerprint density at radius 1 is 1.38 bits per heavy atom. The fourth-order valence-corrected chi connectivity index (χ4v) is 2.60. The molecule has 6 heteroatoms. The highest BCUT2D eigenvalue weighted by atomic mass is 16.5. The summed E-state index contributed by atoms with van der Waals surface area (Å²) in [5.41, 5.74) is 9.09. The third kappa shape index (κ3) is 2.90. The number of hydrogen-bond acceptors (Lipinski definition) is 5. The molecule has 1 saturated carbocycles. The van der Waals surface area contributed by atoms with Crippen molar-refractivity contribution in [3.63, 3.8) is 0 Å². The number of nitrogens with zero attached hydrogens (tertiary/aromatic N) is 4. The number of ether oxygens (including phenoxy) is 1. The number of anilines is 1. The van der Waals surface area contributed by atoms with Crippen molar-refractivity contribution in [2.75, 3.05) is 19.5 Å². The second-order valence-electron chi connectivity index (χ2n) is 5.97. The van der Waals surface area contributed by atoms with Crippen LogP contribution in [0.3, 0.4) is 0 Å². The predicted octanol–water partition coefficient (Wildman–Crippen LogP) is 2.05. The summed E-state index contributed by atoms with van der Waals surface area (Å²) in [5.74, 6) is 0.783. The molecule has 0 amide bonds. The fraction of sp³-hybridized carbons (Fsp3) is 0.533. The zero-order valence-corrected chi connectivity index (χ0v) is 12.5. The summed E-state index contributed by atoms with van der Waals surface area (Å²) in [6, 6.07) is 5.95. The van der Waals surface area contributed by atoms with Gasteiger partial charge in [0, 0.05) is 25.0 Å². The summed E-state index contributed by atoms with van der Waals surface area (Å²) in [6.45, 7) is 3.62. The van der Waals surface area contributed by atoms with Crippen molar-refractivity contribution in [2.24, 2.45) is 5.41 Å². The van der Waals surface area contributed by atoms with Gasteiger partial charge in [-0.25, -0.2) is 4.68 Å². The lowest BCUT2D eigenvalue weighted by atomic mass is 10.0. The molecule has 0 spiro atoms. The highest BCUT2D eigenvalue weighted by Gasteiger charge is 2.43. The number of methoxy groups -OCH3 is 1. The van der Waals surface area contributed by atoms with Crippen LogP contribution in [-0.2, 0) is 11.3 Å². The second kappa shape index (κ2) is 5.44. The third-order valence-corrected chi connectivity index (χ3v) is 4.35. The minimum atomic E-state index is 0.302. The van der Waals surface area contributed by atoms with Crippen molar-refractivity contribution in [2.45, 2.75) is 32.7 Å². The molecular weight excluding hydrogens is 266 g/mol. The lowest BCUT2D eigenvalue weighted by molar-refractivity contribution is 0.165. The Labute approximate surface area is 124 Å². The molecule has 1 fully saturated rings. The summed E-state index contributed by atoms with van der Waals surface area (Å²) in [5, 5.41) is 12.2. The van der Waals surface area contributed by atoms with Crippen LogP contribution in [0.2, 0.25) is 0 Å². The van der Waals surface area contributed by atoms with E-state index in [4.69, 9.17) is 10.5 Å². The molecule has 1 aliphatic rings. The van der Waals surface area contributed by atoms with Gasteiger partial charge in [0.1, 0.15) is 0 Å². The monoisotopic (exact) mass is 287 g/mol. The number of tetrazole rings is 1. The molecule has 0 unspecified atom stereocenters. The molecular formula is C15H21N5O. The lowest BCUT2D eigenvalue weighted by Crippen LogP contribution is -2.16. The number of aromatic nitrogens is 4. The van der Waals surface area contributed by atoms with E-state index in [1.807, 2.05) is 29.8 Å². The van der Waals surface area contributed by atoms with Crippen LogP contribution in [0.4, 0.5) is 5.69 Å². The summed E-state index contributed by atoms with van der Waals surface area (Å²) >= 11 is 0. The summed E-state index contributed by atoms with van der Waals surface area (Å²) in [4.78, 5) is 0. The quantitative estimate of drug-likeness (QED) is 0.823. The Hall–Kier alpha value is -1.95. The Morgan fingerprint density at radius 2 is 2.19 bits per heavy atom. The van der Waals surface area contributed by atoms with Crippen LogP contribution in [0.5, 0.6) is 0 Å². The van der Waals surface area contributed by atoms with Crippen molar-refractivity contribution in [3.05, 3.63) is 23.8 Å². The van der Waals surface area contributed by atoms with Crippen molar-refractivity contribution in [1.82, 2.24) is 20.2 Å². The number of rotatable bonds is 6. The van der Waals surface area contributed by atoms with Gasteiger partial charge in [-0.05, 0) is 53.7 Å². The minimum Gasteiger partial charge on any atom is -0.398 e. The minimum absolute atomic E-state index is 0.302. The van der Waals surface area contributed by atoms with Gasteiger partial charge in [0.25, 0.3) is 0 Å². The number of benzene rings is 1. The first-order valence-corrected chi connectivity index (χ1v) is 7.25. The summed E-state index contributed by atoms with van der Waals surface area (Å²) in [6.07, 6.45) is 3.48. The first-order valence-electron chi connectivity index (χ1n) is 7.25. The Morgan fingerprint density at radius 3 is 2.86 bits per heavy atom. The van der Waals surface area contributed by atoms with Gasteiger partial charge in [0.05, 0.1) is 6.54 Å². The average molecular weight is 287 g/mol. The maximum atomic E-state index is 5.99. The topological polar surface area (TPSA) is 78.8 Å². The molecule has 3 rings (SSSR count). The SMILES string of the molecule is COCCC1(Cn2nnnc2-c2ccc(C)c(N)c2)CC1. The van der Waals surface area contributed by atoms with E-state index in [1.165, 1.54) is 12.8 Å². The van der Waals surface area contributed by atoms with Crippen molar-refractivity contribution >= 4 is 5.69 Å². The van der Waals surface area contributed by atoms with E-state index >= 15 is 0 Å². The van der Waals surface area contributed by atoms with E-state index in [9.17, 15) is 0 Å². The van der Waals surface area contributed by atoms with Crippen molar-refractivity contribution in [1.29, 1.82) is 0 Å². The van der Waals surface area contributed by atoms with E-state index in [0.717, 1.165) is 42.2 Å². The van der Waals surface area contributed by atoms with E-state index in [2.05, 4.69) is 15.5 Å². The van der Waals surface area contributed by atoms with Gasteiger partial charge >= 0.3 is 0 Å². The molecule has 0 saturated heterocycles. The highest BCUT2D eigenvalue weighted by molar-refractivity contribution is 5.63. The molecule has 2 aromatic rings. The molecule has 2 N–H and O–H groups in total. The number of aryl methyl sites for hydroxylation is 1. The number of hydrogen-bond donors (Lipinski definition) is 1. The second-order valence-corrected chi connectivity index (χ2v) is 5.97. The van der Waals surface area contributed by atoms with Gasteiger partial charge in [-0.3, -0.25) is 0 Å². The molecule has 1 aromatic heterocycles. The zero-order valence-electron chi connectivity index (χ0n) is 12.5. The number of nitrogens with two attached hydrogens (primary N) is 1. The molecule has 1 aliphatic carbocycles. The molecule has 21 heavy (non-hydrogen) atoms. The Kier molecular flexibility index (Phi) is 3.63. The van der Waals surface area contributed by atoms with Crippen LogP contribution in [0.25, 0.3) is 11.4 Å². The first-order chi connectivity index (χ1) is 10.1. The van der Waals surface area contributed by atoms with Gasteiger partial charge in [-0.1, -0.05) is 12.1 Å². The van der Waals surface area contributed by atoms with E-state index in [0.29, 0.717) is 5.41 Å². The van der Waals surface area contributed by atoms with E-state index in [-0.39, 0.29) is 0 Å². The van der Waals surface area contributed by atoms with Crippen LogP contribution in [0.1, 0.15) is 24.8 Å². The molecule has 0 radical (unpaired) electrons. The summed E-state index contributed by atoms with van der Waals surface area (Å²) in [7, 11) is 1.74. The van der Waals surface area contributed by atoms with Crippen LogP contribution in [-0.4, -0.2) is 33.9 Å². The van der Waals surface area contributed by atoms with Gasteiger partial charge in [-0.15, -0.1) is 5.10 Å². The normalized spacial score (nSPS) is 16.1. The maximum absolute atomic E-state index is 5.99. The molecule has 0 bridgehead atoms. The average Bonchev–Trinajstić information content (AvgIpc) is 3.08. The third-order valence-electron chi connectivity index (χ3n) is 4.35. The molecule has 0 atom stereocenters. The van der Waals surface area contributed by atoms with Gasteiger partial charge in [0.15, 0.2) is 5.82 Å². The number of nitrogen functional groups attached to an aromatic ring is 1. The molecule has 6 nitrogen and oxygen atoms in total. The van der Waals surface area contributed by atoms with Crippen molar-refractivity contribution in [3.8, 4) is 11.4 Å². The Balaban J connectivity index is 1.82. The van der Waals surface area contributed by atoms with E-state index in [1.54, 1.807) is 7.11 Å². The fourth-order valence-electron chi connectivity index (χ4n) is 2.60. The zero-order chi connectivity index (χ0) is 14.9. The first kappa shape index (κ1) is 14.0. The van der Waals surface area contributed by atoms with Crippen LogP contribution >= 0.6 is 0 Å². The molecule has 1 aromatic carbocycles. The molecule has 1 heterocycles. The van der Waals surface area contributed by atoms with Crippen molar-refractivity contribution < 1.29 is 4.74 Å². The van der Waals surface area contributed by atoms with Crippen LogP contribution in [0.15, 0.2) is 18.2 Å². The standard InChI is InChI=1S/C15H21N5O/c1-11-3-4-12(9-13(11)16)14-17-18-19-20(14)10-15(5-6-15)7-8-21-2/h3-4,9H,5-8,10,16H2,1-2H3. The predicted molar refractivity (Wildman–Crippen MR) is 80.6 cm³/mol. The van der Waals surface area contributed by atoms with Gasteiger partial charge < -0.3 is 10.5 Å². The largest absolute Gasteiger partial charge is 0.398 e. The van der Waals surface area contributed by atoms with E-state index < -0.39 is 0 Å². The molecule has 112 valence electrons. The molecule has 0 aliphatic heterocycles. The Bertz CT molecular complexity index is 633. The van der Waals surface area contributed by atoms with Crippen LogP contribution in [0, 0.1) is 12.3 Å². The van der Waals surface area contributed by atoms with Gasteiger partial charge in [0.2, 0.25) is 0 Å². The maximum Gasteiger partial charge on any atom is 0.182 e. The van der Waals surface area contributed by atoms with Gasteiger partial charge in [-0.2, -0.15) is 0 Å². The smallest absolute Gasteiger partial charge is 0.182 e. The summed E-state index contributed by atoms with van der Waals surface area (Å²) < 4.78 is 7.10. The highest BCUT2D eigenvalue weighted by Crippen LogP contribution is 2.50. The van der Waals surface area contributed by atoms with Crippen LogP contribution < -0.4 is 5.73 Å². The lowest BCUT2D eigenvalue weighted by Gasteiger charge is -2.15.